The number of rotatable bonds is 7. The van der Waals surface area contributed by atoms with Gasteiger partial charge in [-0.3, -0.25) is 4.79 Å². The Balaban J connectivity index is 1.95. The van der Waals surface area contributed by atoms with Crippen LogP contribution in [0, 0.1) is 0 Å². The van der Waals surface area contributed by atoms with Gasteiger partial charge in [-0.05, 0) is 24.3 Å². The van der Waals surface area contributed by atoms with E-state index in [1.165, 1.54) is 18.3 Å². The van der Waals surface area contributed by atoms with Crippen LogP contribution < -0.4 is 10.1 Å². The summed E-state index contributed by atoms with van der Waals surface area (Å²) in [7, 11) is -1.91. The van der Waals surface area contributed by atoms with Crippen molar-refractivity contribution in [1.29, 1.82) is 0 Å². The predicted octanol–water partition coefficient (Wildman–Crippen LogP) is 2.09. The van der Waals surface area contributed by atoms with E-state index in [9.17, 15) is 13.2 Å². The molecule has 0 radical (unpaired) electrons. The Morgan fingerprint density at radius 2 is 1.84 bits per heavy atom. The molecule has 0 heterocycles. The predicted molar refractivity (Wildman–Crippen MR) is 94.7 cm³/mol. The molecule has 0 aliphatic rings. The lowest BCUT2D eigenvalue weighted by atomic mass is 10.2. The number of hydrogen-bond donors (Lipinski definition) is 1. The van der Waals surface area contributed by atoms with E-state index in [0.717, 1.165) is 6.26 Å². The number of methoxy groups -OCH3 is 1. The van der Waals surface area contributed by atoms with Gasteiger partial charge in [-0.2, -0.15) is 0 Å². The normalized spacial score (nSPS) is 11.3. The van der Waals surface area contributed by atoms with Crippen molar-refractivity contribution in [3.8, 4) is 5.75 Å². The molecule has 8 heteroatoms. The third-order valence-electron chi connectivity index (χ3n) is 3.16. The summed E-state index contributed by atoms with van der Waals surface area (Å²) in [6, 6.07) is 13.3. The maximum atomic E-state index is 11.9. The number of oxime groups is 1. The molecule has 25 heavy (non-hydrogen) atoms. The van der Waals surface area contributed by atoms with Crippen LogP contribution in [0.5, 0.6) is 5.75 Å². The highest BCUT2D eigenvalue weighted by molar-refractivity contribution is 7.90. The smallest absolute Gasteiger partial charge is 0.265 e. The molecule has 0 unspecified atom stereocenters. The minimum Gasteiger partial charge on any atom is -0.496 e. The van der Waals surface area contributed by atoms with Gasteiger partial charge in [-0.1, -0.05) is 29.4 Å². The molecule has 7 nitrogen and oxygen atoms in total. The van der Waals surface area contributed by atoms with E-state index < -0.39 is 15.7 Å². The molecule has 1 N–H and O–H groups in total. The summed E-state index contributed by atoms with van der Waals surface area (Å²) in [4.78, 5) is 16.9. The molecule has 0 atom stereocenters. The molecular weight excluding hydrogens is 344 g/mol. The number of carbonyl (C=O) groups excluding carboxylic acids is 1. The number of anilines is 1. The van der Waals surface area contributed by atoms with Crippen molar-refractivity contribution in [3.05, 3.63) is 54.1 Å². The van der Waals surface area contributed by atoms with E-state index in [-0.39, 0.29) is 17.2 Å². The zero-order valence-corrected chi connectivity index (χ0v) is 14.6. The standard InChI is InChI=1S/C17H18N2O5S/c1-23-15-9-5-3-7-13(15)11-18-24-12-17(20)19-14-8-4-6-10-16(14)25(2,21)22/h3-11H,12H2,1-2H3,(H,19,20)/b18-11-. The van der Waals surface area contributed by atoms with Crippen molar-refractivity contribution in [2.24, 2.45) is 5.16 Å². The lowest BCUT2D eigenvalue weighted by molar-refractivity contribution is -0.120. The van der Waals surface area contributed by atoms with E-state index in [0.29, 0.717) is 11.3 Å². The van der Waals surface area contributed by atoms with Crippen LogP contribution in [-0.4, -0.2) is 40.5 Å². The molecule has 0 saturated carbocycles. The van der Waals surface area contributed by atoms with Crippen molar-refractivity contribution in [3.63, 3.8) is 0 Å². The zero-order valence-electron chi connectivity index (χ0n) is 13.8. The second kappa shape index (κ2) is 8.29. The van der Waals surface area contributed by atoms with Crippen LogP contribution in [0.2, 0.25) is 0 Å². The number of benzene rings is 2. The maximum Gasteiger partial charge on any atom is 0.265 e. The summed E-state index contributed by atoms with van der Waals surface area (Å²) in [5.41, 5.74) is 0.903. The van der Waals surface area contributed by atoms with Crippen LogP contribution in [0.3, 0.4) is 0 Å². The van der Waals surface area contributed by atoms with Gasteiger partial charge in [0.15, 0.2) is 16.4 Å². The average molecular weight is 362 g/mol. The first-order valence-electron chi connectivity index (χ1n) is 7.29. The van der Waals surface area contributed by atoms with Crippen molar-refractivity contribution < 1.29 is 22.8 Å². The van der Waals surface area contributed by atoms with E-state index in [1.807, 2.05) is 12.1 Å². The molecule has 2 aromatic carbocycles. The number of hydrogen-bond acceptors (Lipinski definition) is 6. The van der Waals surface area contributed by atoms with Gasteiger partial charge in [-0.25, -0.2) is 8.42 Å². The van der Waals surface area contributed by atoms with Gasteiger partial charge in [0.05, 0.1) is 23.9 Å². The highest BCUT2D eigenvalue weighted by atomic mass is 32.2. The Morgan fingerprint density at radius 3 is 2.56 bits per heavy atom. The molecular formula is C17H18N2O5S. The minimum absolute atomic E-state index is 0.0425. The number of carbonyl (C=O) groups is 1. The van der Waals surface area contributed by atoms with Crippen molar-refractivity contribution in [2.45, 2.75) is 4.90 Å². The molecule has 2 rings (SSSR count). The summed E-state index contributed by atoms with van der Waals surface area (Å²) in [5, 5.41) is 6.22. The van der Waals surface area contributed by atoms with Crippen LogP contribution in [0.1, 0.15) is 5.56 Å². The number of amides is 1. The van der Waals surface area contributed by atoms with Crippen LogP contribution in [0.25, 0.3) is 0 Å². The van der Waals surface area contributed by atoms with Crippen LogP contribution in [-0.2, 0) is 19.5 Å². The van der Waals surface area contributed by atoms with Gasteiger partial charge in [0.25, 0.3) is 5.91 Å². The Hall–Kier alpha value is -2.87. The zero-order chi connectivity index (χ0) is 18.3. The van der Waals surface area contributed by atoms with E-state index >= 15 is 0 Å². The highest BCUT2D eigenvalue weighted by Crippen LogP contribution is 2.20. The monoisotopic (exact) mass is 362 g/mol. The van der Waals surface area contributed by atoms with Crippen molar-refractivity contribution >= 4 is 27.6 Å². The van der Waals surface area contributed by atoms with Crippen molar-refractivity contribution in [1.82, 2.24) is 0 Å². The van der Waals surface area contributed by atoms with E-state index in [2.05, 4.69) is 10.5 Å². The second-order valence-corrected chi connectivity index (χ2v) is 7.05. The van der Waals surface area contributed by atoms with Crippen LogP contribution >= 0.6 is 0 Å². The topological polar surface area (TPSA) is 94.1 Å². The third-order valence-corrected chi connectivity index (χ3v) is 4.32. The molecule has 132 valence electrons. The highest BCUT2D eigenvalue weighted by Gasteiger charge is 2.14. The molecule has 0 spiro atoms. The van der Waals surface area contributed by atoms with Crippen LogP contribution in [0.15, 0.2) is 58.6 Å². The van der Waals surface area contributed by atoms with Gasteiger partial charge in [-0.15, -0.1) is 0 Å². The first-order valence-corrected chi connectivity index (χ1v) is 9.18. The summed E-state index contributed by atoms with van der Waals surface area (Å²) in [6.07, 6.45) is 2.50. The molecule has 0 aliphatic heterocycles. The Bertz CT molecular complexity index is 878. The molecule has 1 amide bonds. The van der Waals surface area contributed by atoms with Crippen LogP contribution in [0.4, 0.5) is 5.69 Å². The number of nitrogens with zero attached hydrogens (tertiary/aromatic N) is 1. The summed E-state index contributed by atoms with van der Waals surface area (Å²) >= 11 is 0. The summed E-state index contributed by atoms with van der Waals surface area (Å²) in [6.45, 7) is -0.357. The first kappa shape index (κ1) is 18.5. The van der Waals surface area contributed by atoms with Gasteiger partial charge < -0.3 is 14.9 Å². The number of sulfone groups is 1. The summed E-state index contributed by atoms with van der Waals surface area (Å²) in [5.74, 6) is 0.106. The van der Waals surface area contributed by atoms with E-state index in [1.54, 1.807) is 31.4 Å². The third kappa shape index (κ3) is 5.32. The molecule has 0 aromatic heterocycles. The fraction of sp³-hybridized carbons (Fsp3) is 0.176. The fourth-order valence-corrected chi connectivity index (χ4v) is 2.89. The molecule has 0 saturated heterocycles. The SMILES string of the molecule is COc1ccccc1/C=N\OCC(=O)Nc1ccccc1S(C)(=O)=O. The molecule has 0 aliphatic carbocycles. The number of ether oxygens (including phenoxy) is 1. The minimum atomic E-state index is -3.45. The second-order valence-electron chi connectivity index (χ2n) is 5.07. The Morgan fingerprint density at radius 1 is 1.16 bits per heavy atom. The molecule has 2 aromatic rings. The maximum absolute atomic E-state index is 11.9. The quantitative estimate of drug-likeness (QED) is 0.601. The molecule has 0 fully saturated rings. The Kier molecular flexibility index (Phi) is 6.13. The largest absolute Gasteiger partial charge is 0.496 e. The summed E-state index contributed by atoms with van der Waals surface area (Å²) < 4.78 is 28.6. The lowest BCUT2D eigenvalue weighted by Crippen LogP contribution is -2.18. The average Bonchev–Trinajstić information content (AvgIpc) is 2.58. The van der Waals surface area contributed by atoms with Gasteiger partial charge in [0.1, 0.15) is 5.75 Å². The fourth-order valence-electron chi connectivity index (χ4n) is 2.04. The van der Waals surface area contributed by atoms with Gasteiger partial charge >= 0.3 is 0 Å². The lowest BCUT2D eigenvalue weighted by Gasteiger charge is -2.09. The number of para-hydroxylation sites is 2. The van der Waals surface area contributed by atoms with Gasteiger partial charge in [0, 0.05) is 11.8 Å². The van der Waals surface area contributed by atoms with Gasteiger partial charge in [0.2, 0.25) is 0 Å². The van der Waals surface area contributed by atoms with Crippen molar-refractivity contribution in [2.75, 3.05) is 25.3 Å². The molecule has 0 bridgehead atoms. The Labute approximate surface area is 146 Å². The number of nitrogens with one attached hydrogen (secondary N) is 1. The van der Waals surface area contributed by atoms with E-state index in [4.69, 9.17) is 9.57 Å². The first-order chi connectivity index (χ1) is 11.9.